The van der Waals surface area contributed by atoms with Crippen LogP contribution in [0.2, 0.25) is 18.1 Å². The van der Waals surface area contributed by atoms with Gasteiger partial charge in [-0.15, -0.1) is 0 Å². The molecule has 1 amide bonds. The SMILES string of the molecule is CC(C)CC(NC(=O)OC(C)(C)C)C(CC(C)C(=O)O)O[Si](C)(C)C(C)(C)C. The molecule has 6 nitrogen and oxygen atoms in total. The lowest BCUT2D eigenvalue weighted by Crippen LogP contribution is -2.53. The lowest BCUT2D eigenvalue weighted by Gasteiger charge is -2.42. The minimum absolute atomic E-state index is 0.0218. The van der Waals surface area contributed by atoms with Crippen molar-refractivity contribution in [3.8, 4) is 0 Å². The molecule has 0 aromatic heterocycles. The third-order valence-electron chi connectivity index (χ3n) is 5.14. The maximum absolute atomic E-state index is 12.4. The number of amides is 1. The van der Waals surface area contributed by atoms with E-state index in [0.29, 0.717) is 18.8 Å². The molecule has 0 aliphatic carbocycles. The van der Waals surface area contributed by atoms with Gasteiger partial charge in [-0.05, 0) is 57.7 Å². The molecular formula is C21H43NO5Si. The number of carbonyl (C=O) groups is 2. The summed E-state index contributed by atoms with van der Waals surface area (Å²) in [6, 6.07) is -0.314. The molecule has 0 fully saturated rings. The molecular weight excluding hydrogens is 374 g/mol. The van der Waals surface area contributed by atoms with Crippen LogP contribution in [0.1, 0.15) is 75.2 Å². The van der Waals surface area contributed by atoms with Crippen LogP contribution < -0.4 is 5.32 Å². The summed E-state index contributed by atoms with van der Waals surface area (Å²) < 4.78 is 12.1. The number of hydrogen-bond acceptors (Lipinski definition) is 4. The smallest absolute Gasteiger partial charge is 0.407 e. The fraction of sp³-hybridized carbons (Fsp3) is 0.905. The maximum atomic E-state index is 12.4. The maximum Gasteiger partial charge on any atom is 0.407 e. The summed E-state index contributed by atoms with van der Waals surface area (Å²) in [6.07, 6.45) is 0.145. The highest BCUT2D eigenvalue weighted by Crippen LogP contribution is 2.38. The van der Waals surface area contributed by atoms with Crippen molar-refractivity contribution in [1.29, 1.82) is 0 Å². The lowest BCUT2D eigenvalue weighted by molar-refractivity contribution is -0.142. The molecule has 3 unspecified atom stereocenters. The van der Waals surface area contributed by atoms with E-state index in [1.165, 1.54) is 0 Å². The second-order valence-electron chi connectivity index (χ2n) is 10.8. The van der Waals surface area contributed by atoms with Gasteiger partial charge in [0.05, 0.1) is 18.1 Å². The summed E-state index contributed by atoms with van der Waals surface area (Å²) in [4.78, 5) is 23.9. The van der Waals surface area contributed by atoms with Gasteiger partial charge in [-0.3, -0.25) is 4.79 Å². The van der Waals surface area contributed by atoms with Crippen molar-refractivity contribution >= 4 is 20.4 Å². The van der Waals surface area contributed by atoms with E-state index in [1.54, 1.807) is 6.92 Å². The van der Waals surface area contributed by atoms with Crippen LogP contribution in [0, 0.1) is 11.8 Å². The van der Waals surface area contributed by atoms with Crippen LogP contribution in [0.25, 0.3) is 0 Å². The van der Waals surface area contributed by atoms with E-state index in [4.69, 9.17) is 9.16 Å². The van der Waals surface area contributed by atoms with Crippen molar-refractivity contribution in [2.24, 2.45) is 11.8 Å². The second-order valence-corrected chi connectivity index (χ2v) is 15.5. The number of hydrogen-bond donors (Lipinski definition) is 2. The number of carboxylic acid groups (broad SMARTS) is 1. The van der Waals surface area contributed by atoms with Crippen molar-refractivity contribution in [3.63, 3.8) is 0 Å². The van der Waals surface area contributed by atoms with Gasteiger partial charge in [0.15, 0.2) is 8.32 Å². The molecule has 0 bridgehead atoms. The van der Waals surface area contributed by atoms with E-state index in [0.717, 1.165) is 0 Å². The Balaban J connectivity index is 5.74. The first-order valence-electron chi connectivity index (χ1n) is 10.3. The van der Waals surface area contributed by atoms with Gasteiger partial charge in [0, 0.05) is 0 Å². The van der Waals surface area contributed by atoms with E-state index in [-0.39, 0.29) is 17.2 Å². The zero-order valence-corrected chi connectivity index (χ0v) is 20.8. The molecule has 0 saturated heterocycles. The third kappa shape index (κ3) is 9.91. The predicted molar refractivity (Wildman–Crippen MR) is 116 cm³/mol. The minimum Gasteiger partial charge on any atom is -0.481 e. The summed E-state index contributed by atoms with van der Waals surface area (Å²) in [5, 5.41) is 12.4. The van der Waals surface area contributed by atoms with Crippen LogP contribution in [0.5, 0.6) is 0 Å². The van der Waals surface area contributed by atoms with Crippen molar-refractivity contribution in [2.75, 3.05) is 0 Å². The summed E-state index contributed by atoms with van der Waals surface area (Å²) in [7, 11) is -2.17. The predicted octanol–water partition coefficient (Wildman–Crippen LogP) is 5.43. The Morgan fingerprint density at radius 3 is 1.86 bits per heavy atom. The van der Waals surface area contributed by atoms with Crippen molar-refractivity contribution in [3.05, 3.63) is 0 Å². The highest BCUT2D eigenvalue weighted by atomic mass is 28.4. The molecule has 7 heteroatoms. The Labute approximate surface area is 172 Å². The van der Waals surface area contributed by atoms with E-state index in [2.05, 4.69) is 53.0 Å². The summed E-state index contributed by atoms with van der Waals surface area (Å²) in [5.41, 5.74) is -0.601. The van der Waals surface area contributed by atoms with E-state index >= 15 is 0 Å². The molecule has 2 N–H and O–H groups in total. The van der Waals surface area contributed by atoms with Gasteiger partial charge in [-0.25, -0.2) is 4.79 Å². The summed E-state index contributed by atoms with van der Waals surface area (Å²) >= 11 is 0. The molecule has 0 radical (unpaired) electrons. The Morgan fingerprint density at radius 1 is 1.00 bits per heavy atom. The van der Waals surface area contributed by atoms with Gasteiger partial charge in [0.1, 0.15) is 5.60 Å². The van der Waals surface area contributed by atoms with E-state index in [9.17, 15) is 14.7 Å². The molecule has 3 atom stereocenters. The second kappa shape index (κ2) is 10.1. The molecule has 0 heterocycles. The minimum atomic E-state index is -2.17. The summed E-state index contributed by atoms with van der Waals surface area (Å²) in [5.74, 6) is -1.11. The third-order valence-corrected chi connectivity index (χ3v) is 9.64. The number of carbonyl (C=O) groups excluding carboxylic acids is 1. The van der Waals surface area contributed by atoms with E-state index in [1.807, 2.05) is 20.8 Å². The molecule has 28 heavy (non-hydrogen) atoms. The molecule has 166 valence electrons. The zero-order chi connectivity index (χ0) is 22.5. The average molecular weight is 418 g/mol. The topological polar surface area (TPSA) is 84.9 Å². The van der Waals surface area contributed by atoms with Gasteiger partial charge < -0.3 is 19.6 Å². The average Bonchev–Trinajstić information content (AvgIpc) is 2.41. The highest BCUT2D eigenvalue weighted by molar-refractivity contribution is 6.74. The van der Waals surface area contributed by atoms with Gasteiger partial charge in [-0.1, -0.05) is 41.5 Å². The first-order valence-corrected chi connectivity index (χ1v) is 13.2. The lowest BCUT2D eigenvalue weighted by atomic mass is 9.93. The number of alkyl carbamates (subject to hydrolysis) is 1. The number of carboxylic acids is 1. The van der Waals surface area contributed by atoms with Crippen LogP contribution in [0.15, 0.2) is 0 Å². The fourth-order valence-corrected chi connectivity index (χ4v) is 3.94. The molecule has 0 saturated carbocycles. The fourth-order valence-electron chi connectivity index (χ4n) is 2.57. The molecule has 0 aliphatic heterocycles. The van der Waals surface area contributed by atoms with Crippen LogP contribution in [-0.2, 0) is 14.0 Å². The number of nitrogens with one attached hydrogen (secondary N) is 1. The molecule has 0 aromatic rings. The van der Waals surface area contributed by atoms with Crippen LogP contribution in [0.3, 0.4) is 0 Å². The largest absolute Gasteiger partial charge is 0.481 e. The molecule has 0 spiro atoms. The van der Waals surface area contributed by atoms with Crippen molar-refractivity contribution in [1.82, 2.24) is 5.32 Å². The Hall–Kier alpha value is -1.08. The van der Waals surface area contributed by atoms with Crippen LogP contribution in [0.4, 0.5) is 4.79 Å². The van der Waals surface area contributed by atoms with Crippen LogP contribution in [-0.4, -0.2) is 43.2 Å². The molecule has 0 aliphatic rings. The first kappa shape index (κ1) is 26.9. The number of rotatable bonds is 9. The Bertz CT molecular complexity index is 520. The number of aliphatic carboxylic acids is 1. The normalized spacial score (nSPS) is 16.4. The Kier molecular flexibility index (Phi) is 9.71. The van der Waals surface area contributed by atoms with Crippen molar-refractivity contribution in [2.45, 2.75) is 111 Å². The number of ether oxygens (including phenoxy) is 1. The van der Waals surface area contributed by atoms with Gasteiger partial charge in [-0.2, -0.15) is 0 Å². The molecule has 0 aromatic carbocycles. The first-order chi connectivity index (χ1) is 12.4. The quantitative estimate of drug-likeness (QED) is 0.489. The van der Waals surface area contributed by atoms with Gasteiger partial charge in [0.2, 0.25) is 0 Å². The zero-order valence-electron chi connectivity index (χ0n) is 19.8. The van der Waals surface area contributed by atoms with Crippen molar-refractivity contribution < 1.29 is 23.9 Å². The highest BCUT2D eigenvalue weighted by Gasteiger charge is 2.42. The summed E-state index contributed by atoms with van der Waals surface area (Å²) in [6.45, 7) is 22.0. The monoisotopic (exact) mass is 417 g/mol. The molecule has 0 rings (SSSR count). The van der Waals surface area contributed by atoms with Gasteiger partial charge in [0.25, 0.3) is 0 Å². The standard InChI is InChI=1S/C21H43NO5Si/c1-14(2)12-16(22-19(25)26-20(4,5)6)17(13-15(3)18(23)24)27-28(10,11)21(7,8)9/h14-17H,12-13H2,1-11H3,(H,22,25)(H,23,24). The van der Waals surface area contributed by atoms with Crippen LogP contribution >= 0.6 is 0 Å². The van der Waals surface area contributed by atoms with E-state index < -0.39 is 31.9 Å². The van der Waals surface area contributed by atoms with Gasteiger partial charge >= 0.3 is 12.1 Å². The Morgan fingerprint density at radius 2 is 1.50 bits per heavy atom.